The van der Waals surface area contributed by atoms with Crippen molar-refractivity contribution in [2.75, 3.05) is 0 Å². The number of benzene rings is 8. The first-order valence-corrected chi connectivity index (χ1v) is 19.1. The molecule has 0 atom stereocenters. The highest BCUT2D eigenvalue weighted by Crippen LogP contribution is 2.56. The molecule has 11 rings (SSSR count). The van der Waals surface area contributed by atoms with E-state index in [1.807, 2.05) is 30.3 Å². The first-order valence-electron chi connectivity index (χ1n) is 19.1. The summed E-state index contributed by atoms with van der Waals surface area (Å²) in [4.78, 5) is 10.5. The molecule has 10 aromatic rings. The maximum Gasteiger partial charge on any atom is 0.160 e. The van der Waals surface area contributed by atoms with Crippen LogP contribution in [0.2, 0.25) is 0 Å². The quantitative estimate of drug-likeness (QED) is 0.172. The topological polar surface area (TPSA) is 38.9 Å². The van der Waals surface area contributed by atoms with Crippen LogP contribution in [0.1, 0.15) is 22.3 Å². The van der Waals surface area contributed by atoms with E-state index in [4.69, 9.17) is 14.4 Å². The fourth-order valence-corrected chi connectivity index (χ4v) is 8.98. The van der Waals surface area contributed by atoms with Gasteiger partial charge >= 0.3 is 0 Å². The minimum atomic E-state index is -0.493. The number of hydrogen-bond acceptors (Lipinski definition) is 3. The van der Waals surface area contributed by atoms with Gasteiger partial charge in [0.1, 0.15) is 11.2 Å². The molecule has 3 nitrogen and oxygen atoms in total. The Morgan fingerprint density at radius 1 is 0.357 bits per heavy atom. The standard InChI is InChI=1S/C53H34N2O/c1-3-17-35(18-4-1)52-54-48(34-49(55-52)45-29-16-28-44-43-27-11-14-32-50(43)56-51(44)45)42-26-8-7-23-39(42)36-19-15-22-38(33-36)53(37-20-5-2-6-21-37)46-30-12-9-24-40(46)41-25-10-13-31-47(41)53/h1-34H. The summed E-state index contributed by atoms with van der Waals surface area (Å²) >= 11 is 0. The number of hydrogen-bond donors (Lipinski definition) is 0. The molecule has 2 heterocycles. The summed E-state index contributed by atoms with van der Waals surface area (Å²) in [6.07, 6.45) is 0. The van der Waals surface area contributed by atoms with Gasteiger partial charge in [-0.25, -0.2) is 9.97 Å². The largest absolute Gasteiger partial charge is 0.455 e. The number of furan rings is 1. The number of nitrogens with zero attached hydrogens (tertiary/aromatic N) is 2. The van der Waals surface area contributed by atoms with Crippen LogP contribution in [-0.4, -0.2) is 9.97 Å². The van der Waals surface area contributed by atoms with Crippen LogP contribution in [0.5, 0.6) is 0 Å². The smallest absolute Gasteiger partial charge is 0.160 e. The average molecular weight is 715 g/mol. The summed E-state index contributed by atoms with van der Waals surface area (Å²) in [6.45, 7) is 0. The Bertz CT molecular complexity index is 3040. The van der Waals surface area contributed by atoms with E-state index < -0.39 is 5.41 Å². The van der Waals surface area contributed by atoms with E-state index in [0.717, 1.165) is 61.1 Å². The Morgan fingerprint density at radius 2 is 0.875 bits per heavy atom. The number of aromatic nitrogens is 2. The second-order valence-electron chi connectivity index (χ2n) is 14.4. The molecule has 0 spiro atoms. The zero-order valence-electron chi connectivity index (χ0n) is 30.4. The van der Waals surface area contributed by atoms with Crippen LogP contribution in [0.15, 0.2) is 211 Å². The summed E-state index contributed by atoms with van der Waals surface area (Å²) in [5, 5.41) is 2.16. The predicted molar refractivity (Wildman–Crippen MR) is 228 cm³/mol. The Morgan fingerprint density at radius 3 is 1.62 bits per heavy atom. The fraction of sp³-hybridized carbons (Fsp3) is 0.0189. The van der Waals surface area contributed by atoms with Crippen molar-refractivity contribution in [3.8, 4) is 56.2 Å². The highest BCUT2D eigenvalue weighted by molar-refractivity contribution is 6.09. The lowest BCUT2D eigenvalue weighted by atomic mass is 9.67. The van der Waals surface area contributed by atoms with Crippen molar-refractivity contribution in [3.63, 3.8) is 0 Å². The van der Waals surface area contributed by atoms with Gasteiger partial charge in [-0.3, -0.25) is 0 Å². The zero-order chi connectivity index (χ0) is 37.1. The molecule has 3 heteroatoms. The molecular weight excluding hydrogens is 681 g/mol. The molecule has 1 aliphatic carbocycles. The molecule has 0 aliphatic heterocycles. The third-order valence-corrected chi connectivity index (χ3v) is 11.4. The molecule has 0 unspecified atom stereocenters. The SMILES string of the molecule is c1ccc(-c2nc(-c3ccccc3-c3cccc(C4(c5ccccc5)c5ccccc5-c5ccccc54)c3)cc(-c3cccc4c3oc3ccccc34)n2)cc1. The van der Waals surface area contributed by atoms with Crippen molar-refractivity contribution < 1.29 is 4.42 Å². The van der Waals surface area contributed by atoms with Crippen molar-refractivity contribution in [2.45, 2.75) is 5.41 Å². The molecule has 0 N–H and O–H groups in total. The lowest BCUT2D eigenvalue weighted by Gasteiger charge is -2.34. The monoisotopic (exact) mass is 714 g/mol. The molecule has 0 fully saturated rings. The lowest BCUT2D eigenvalue weighted by molar-refractivity contribution is 0.670. The van der Waals surface area contributed by atoms with Gasteiger partial charge in [-0.2, -0.15) is 0 Å². The van der Waals surface area contributed by atoms with Gasteiger partial charge in [0.2, 0.25) is 0 Å². The van der Waals surface area contributed by atoms with E-state index in [1.165, 1.54) is 33.4 Å². The van der Waals surface area contributed by atoms with E-state index in [2.05, 4.69) is 176 Å². The molecule has 2 aromatic heterocycles. The Balaban J connectivity index is 1.13. The van der Waals surface area contributed by atoms with Crippen molar-refractivity contribution in [1.29, 1.82) is 0 Å². The predicted octanol–water partition coefficient (Wildman–Crippen LogP) is 13.4. The second-order valence-corrected chi connectivity index (χ2v) is 14.4. The lowest BCUT2D eigenvalue weighted by Crippen LogP contribution is -2.28. The van der Waals surface area contributed by atoms with Crippen LogP contribution >= 0.6 is 0 Å². The number of para-hydroxylation sites is 2. The summed E-state index contributed by atoms with van der Waals surface area (Å²) in [5.41, 5.74) is 15.6. The molecule has 0 radical (unpaired) electrons. The van der Waals surface area contributed by atoms with Crippen LogP contribution < -0.4 is 0 Å². The molecule has 0 amide bonds. The third kappa shape index (κ3) is 4.91. The van der Waals surface area contributed by atoms with Crippen molar-refractivity contribution in [1.82, 2.24) is 9.97 Å². The fourth-order valence-electron chi connectivity index (χ4n) is 8.98. The zero-order valence-corrected chi connectivity index (χ0v) is 30.4. The van der Waals surface area contributed by atoms with Gasteiger partial charge in [-0.1, -0.05) is 182 Å². The molecular formula is C53H34N2O. The molecule has 0 bridgehead atoms. The van der Waals surface area contributed by atoms with Gasteiger partial charge in [0.15, 0.2) is 5.82 Å². The normalized spacial score (nSPS) is 12.8. The van der Waals surface area contributed by atoms with Crippen molar-refractivity contribution >= 4 is 21.9 Å². The van der Waals surface area contributed by atoms with E-state index in [9.17, 15) is 0 Å². The summed E-state index contributed by atoms with van der Waals surface area (Å²) in [6, 6.07) is 73.3. The summed E-state index contributed by atoms with van der Waals surface area (Å²) < 4.78 is 6.52. The molecule has 262 valence electrons. The first-order chi connectivity index (χ1) is 27.8. The van der Waals surface area contributed by atoms with Gasteiger partial charge in [0.05, 0.1) is 16.8 Å². The summed E-state index contributed by atoms with van der Waals surface area (Å²) in [5.74, 6) is 0.664. The Hall–Kier alpha value is -7.36. The number of fused-ring (bicyclic) bond motifs is 6. The van der Waals surface area contributed by atoms with Crippen molar-refractivity contribution in [2.24, 2.45) is 0 Å². The third-order valence-electron chi connectivity index (χ3n) is 11.4. The molecule has 0 saturated heterocycles. The van der Waals surface area contributed by atoms with Crippen LogP contribution in [-0.2, 0) is 5.41 Å². The van der Waals surface area contributed by atoms with Gasteiger partial charge < -0.3 is 4.42 Å². The number of rotatable bonds is 6. The van der Waals surface area contributed by atoms with Crippen molar-refractivity contribution in [3.05, 3.63) is 229 Å². The molecule has 56 heavy (non-hydrogen) atoms. The van der Waals surface area contributed by atoms with Crippen LogP contribution in [0.25, 0.3) is 78.1 Å². The van der Waals surface area contributed by atoms with Gasteiger partial charge in [-0.05, 0) is 68.8 Å². The molecule has 0 saturated carbocycles. The first kappa shape index (κ1) is 32.1. The van der Waals surface area contributed by atoms with Crippen LogP contribution in [0, 0.1) is 0 Å². The van der Waals surface area contributed by atoms with E-state index in [1.54, 1.807) is 0 Å². The van der Waals surface area contributed by atoms with Gasteiger partial charge in [-0.15, -0.1) is 0 Å². The Labute approximate surface area is 325 Å². The van der Waals surface area contributed by atoms with E-state index >= 15 is 0 Å². The molecule has 1 aliphatic rings. The maximum absolute atomic E-state index is 6.52. The highest BCUT2D eigenvalue weighted by Gasteiger charge is 2.45. The van der Waals surface area contributed by atoms with Gasteiger partial charge in [0, 0.05) is 27.5 Å². The maximum atomic E-state index is 6.52. The summed E-state index contributed by atoms with van der Waals surface area (Å²) in [7, 11) is 0. The minimum absolute atomic E-state index is 0.493. The minimum Gasteiger partial charge on any atom is -0.455 e. The highest BCUT2D eigenvalue weighted by atomic mass is 16.3. The Kier molecular flexibility index (Phi) is 7.39. The average Bonchev–Trinajstić information content (AvgIpc) is 3.81. The van der Waals surface area contributed by atoms with E-state index in [-0.39, 0.29) is 0 Å². The van der Waals surface area contributed by atoms with Crippen LogP contribution in [0.3, 0.4) is 0 Å². The van der Waals surface area contributed by atoms with E-state index in [0.29, 0.717) is 5.82 Å². The molecule has 8 aromatic carbocycles. The van der Waals surface area contributed by atoms with Crippen LogP contribution in [0.4, 0.5) is 0 Å². The second kappa shape index (κ2) is 12.9. The van der Waals surface area contributed by atoms with Gasteiger partial charge in [0.25, 0.3) is 0 Å².